The average Bonchev–Trinajstić information content (AvgIpc) is 2.25. The van der Waals surface area contributed by atoms with Crippen molar-refractivity contribution >= 4 is 5.78 Å². The molecule has 0 aliphatic heterocycles. The summed E-state index contributed by atoms with van der Waals surface area (Å²) in [6.07, 6.45) is 6.93. The summed E-state index contributed by atoms with van der Waals surface area (Å²) in [6, 6.07) is 0. The fourth-order valence-electron chi connectivity index (χ4n) is 2.64. The number of rotatable bonds is 5. The Balaban J connectivity index is 2.41. The van der Waals surface area contributed by atoms with Crippen molar-refractivity contribution in [1.82, 2.24) is 4.90 Å². The fourth-order valence-corrected chi connectivity index (χ4v) is 2.64. The van der Waals surface area contributed by atoms with Crippen LogP contribution in [-0.2, 0) is 4.79 Å². The number of hydrogen-bond acceptors (Lipinski definition) is 2. The van der Waals surface area contributed by atoms with Crippen LogP contribution in [0.15, 0.2) is 0 Å². The summed E-state index contributed by atoms with van der Waals surface area (Å²) >= 11 is 0. The van der Waals surface area contributed by atoms with E-state index in [0.29, 0.717) is 17.6 Å². The molecule has 1 aliphatic carbocycles. The van der Waals surface area contributed by atoms with Crippen LogP contribution >= 0.6 is 0 Å². The highest BCUT2D eigenvalue weighted by atomic mass is 16.1. The Morgan fingerprint density at radius 1 is 1.27 bits per heavy atom. The quantitative estimate of drug-likeness (QED) is 0.697. The maximum atomic E-state index is 12.0. The van der Waals surface area contributed by atoms with Crippen LogP contribution in [0.1, 0.15) is 45.4 Å². The number of carbonyl (C=O) groups is 1. The van der Waals surface area contributed by atoms with E-state index in [0.717, 1.165) is 19.4 Å². The number of Topliss-reactive ketones (excluding diaryl/α,β-unsaturated/α-hetero) is 1. The molecule has 0 radical (unpaired) electrons. The van der Waals surface area contributed by atoms with Crippen molar-refractivity contribution in [3.05, 3.63) is 0 Å². The highest BCUT2D eigenvalue weighted by Crippen LogP contribution is 2.33. The third-order valence-electron chi connectivity index (χ3n) is 3.65. The lowest BCUT2D eigenvalue weighted by Gasteiger charge is -2.30. The molecule has 88 valence electrons. The Morgan fingerprint density at radius 2 is 1.93 bits per heavy atom. The van der Waals surface area contributed by atoms with Gasteiger partial charge in [0.15, 0.2) is 0 Å². The first kappa shape index (κ1) is 12.7. The summed E-state index contributed by atoms with van der Waals surface area (Å²) in [4.78, 5) is 14.1. The van der Waals surface area contributed by atoms with E-state index in [1.807, 2.05) is 14.1 Å². The molecule has 1 fully saturated rings. The van der Waals surface area contributed by atoms with Crippen LogP contribution in [0.3, 0.4) is 0 Å². The summed E-state index contributed by atoms with van der Waals surface area (Å²) in [5.74, 6) is 1.56. The van der Waals surface area contributed by atoms with Gasteiger partial charge in [-0.1, -0.05) is 26.2 Å². The molecule has 1 aliphatic rings. The molecule has 15 heavy (non-hydrogen) atoms. The molecule has 0 bridgehead atoms. The first-order valence-electron chi connectivity index (χ1n) is 6.32. The molecule has 2 nitrogen and oxygen atoms in total. The van der Waals surface area contributed by atoms with E-state index < -0.39 is 0 Å². The lowest BCUT2D eigenvalue weighted by atomic mass is 9.75. The smallest absolute Gasteiger partial charge is 0.137 e. The second-order valence-electron chi connectivity index (χ2n) is 5.08. The molecule has 0 amide bonds. The SMILES string of the molecule is CCC1CCCCC1C(=O)CCN(C)C. The Labute approximate surface area is 94.0 Å². The van der Waals surface area contributed by atoms with Gasteiger partial charge in [-0.2, -0.15) is 0 Å². The molecule has 2 unspecified atom stereocenters. The van der Waals surface area contributed by atoms with E-state index >= 15 is 0 Å². The Hall–Kier alpha value is -0.370. The monoisotopic (exact) mass is 211 g/mol. The summed E-state index contributed by atoms with van der Waals surface area (Å²) in [5, 5.41) is 0. The van der Waals surface area contributed by atoms with Gasteiger partial charge in [0, 0.05) is 18.9 Å². The van der Waals surface area contributed by atoms with Crippen molar-refractivity contribution in [3.8, 4) is 0 Å². The lowest BCUT2D eigenvalue weighted by Crippen LogP contribution is -2.29. The maximum Gasteiger partial charge on any atom is 0.137 e. The molecule has 2 heteroatoms. The molecule has 0 N–H and O–H groups in total. The summed E-state index contributed by atoms with van der Waals surface area (Å²) in [7, 11) is 4.07. The largest absolute Gasteiger partial charge is 0.309 e. The number of carbonyl (C=O) groups excluding carboxylic acids is 1. The highest BCUT2D eigenvalue weighted by Gasteiger charge is 2.28. The zero-order chi connectivity index (χ0) is 11.3. The Kier molecular flexibility index (Phi) is 5.30. The number of ketones is 1. The number of nitrogens with zero attached hydrogens (tertiary/aromatic N) is 1. The van der Waals surface area contributed by atoms with E-state index in [-0.39, 0.29) is 0 Å². The van der Waals surface area contributed by atoms with E-state index in [1.165, 1.54) is 25.7 Å². The van der Waals surface area contributed by atoms with Crippen molar-refractivity contribution in [2.75, 3.05) is 20.6 Å². The second kappa shape index (κ2) is 6.26. The van der Waals surface area contributed by atoms with E-state index in [4.69, 9.17) is 0 Å². The van der Waals surface area contributed by atoms with Gasteiger partial charge in [-0.15, -0.1) is 0 Å². The van der Waals surface area contributed by atoms with Gasteiger partial charge in [-0.05, 0) is 32.9 Å². The van der Waals surface area contributed by atoms with Gasteiger partial charge in [-0.3, -0.25) is 4.79 Å². The zero-order valence-corrected chi connectivity index (χ0v) is 10.5. The zero-order valence-electron chi connectivity index (χ0n) is 10.5. The van der Waals surface area contributed by atoms with Crippen LogP contribution < -0.4 is 0 Å². The van der Waals surface area contributed by atoms with Crippen LogP contribution in [0.25, 0.3) is 0 Å². The molecule has 0 aromatic heterocycles. The van der Waals surface area contributed by atoms with E-state index in [2.05, 4.69) is 11.8 Å². The molecule has 2 atom stereocenters. The van der Waals surface area contributed by atoms with Crippen LogP contribution in [-0.4, -0.2) is 31.3 Å². The molecule has 0 saturated heterocycles. The topological polar surface area (TPSA) is 20.3 Å². The van der Waals surface area contributed by atoms with Gasteiger partial charge >= 0.3 is 0 Å². The standard InChI is InChI=1S/C13H25NO/c1-4-11-7-5-6-8-12(11)13(15)9-10-14(2)3/h11-12H,4-10H2,1-3H3. The van der Waals surface area contributed by atoms with Crippen molar-refractivity contribution in [1.29, 1.82) is 0 Å². The van der Waals surface area contributed by atoms with Crippen LogP contribution in [0, 0.1) is 11.8 Å². The Bertz CT molecular complexity index is 201. The van der Waals surface area contributed by atoms with Gasteiger partial charge in [0.1, 0.15) is 5.78 Å². The molecular weight excluding hydrogens is 186 g/mol. The fraction of sp³-hybridized carbons (Fsp3) is 0.923. The minimum Gasteiger partial charge on any atom is -0.309 e. The van der Waals surface area contributed by atoms with Crippen molar-refractivity contribution < 1.29 is 4.79 Å². The van der Waals surface area contributed by atoms with Crippen molar-refractivity contribution in [2.24, 2.45) is 11.8 Å². The number of hydrogen-bond donors (Lipinski definition) is 0. The molecule has 0 aromatic carbocycles. The first-order chi connectivity index (χ1) is 7.15. The second-order valence-corrected chi connectivity index (χ2v) is 5.08. The van der Waals surface area contributed by atoms with Crippen LogP contribution in [0.5, 0.6) is 0 Å². The molecule has 1 rings (SSSR count). The lowest BCUT2D eigenvalue weighted by molar-refractivity contribution is -0.125. The van der Waals surface area contributed by atoms with Crippen LogP contribution in [0.2, 0.25) is 0 Å². The van der Waals surface area contributed by atoms with E-state index in [9.17, 15) is 4.79 Å². The predicted octanol–water partition coefficient (Wildman–Crippen LogP) is 2.72. The van der Waals surface area contributed by atoms with Crippen molar-refractivity contribution in [3.63, 3.8) is 0 Å². The normalized spacial score (nSPS) is 26.9. The maximum absolute atomic E-state index is 12.0. The third-order valence-corrected chi connectivity index (χ3v) is 3.65. The molecule has 1 saturated carbocycles. The average molecular weight is 211 g/mol. The highest BCUT2D eigenvalue weighted by molar-refractivity contribution is 5.81. The van der Waals surface area contributed by atoms with E-state index in [1.54, 1.807) is 0 Å². The van der Waals surface area contributed by atoms with Gasteiger partial charge in [0.2, 0.25) is 0 Å². The molecule has 0 heterocycles. The van der Waals surface area contributed by atoms with Gasteiger partial charge < -0.3 is 4.90 Å². The summed E-state index contributed by atoms with van der Waals surface area (Å²) in [6.45, 7) is 3.13. The van der Waals surface area contributed by atoms with Crippen molar-refractivity contribution in [2.45, 2.75) is 45.4 Å². The van der Waals surface area contributed by atoms with Gasteiger partial charge in [0.25, 0.3) is 0 Å². The van der Waals surface area contributed by atoms with Crippen LogP contribution in [0.4, 0.5) is 0 Å². The Morgan fingerprint density at radius 3 is 2.53 bits per heavy atom. The third kappa shape index (κ3) is 3.94. The van der Waals surface area contributed by atoms with Gasteiger partial charge in [-0.25, -0.2) is 0 Å². The van der Waals surface area contributed by atoms with Gasteiger partial charge in [0.05, 0.1) is 0 Å². The first-order valence-corrected chi connectivity index (χ1v) is 6.32. The summed E-state index contributed by atoms with van der Waals surface area (Å²) < 4.78 is 0. The molecule has 0 spiro atoms. The summed E-state index contributed by atoms with van der Waals surface area (Å²) in [5.41, 5.74) is 0. The molecular formula is C13H25NO. The minimum atomic E-state index is 0.378. The minimum absolute atomic E-state index is 0.378. The predicted molar refractivity (Wildman–Crippen MR) is 63.9 cm³/mol. The molecule has 0 aromatic rings.